The van der Waals surface area contributed by atoms with Crippen LogP contribution in [0.3, 0.4) is 0 Å². The Labute approximate surface area is 131 Å². The fourth-order valence-electron chi connectivity index (χ4n) is 1.85. The first kappa shape index (κ1) is 15.8. The van der Waals surface area contributed by atoms with Crippen molar-refractivity contribution in [2.45, 2.75) is 20.1 Å². The summed E-state index contributed by atoms with van der Waals surface area (Å²) in [6.45, 7) is 2.60. The third kappa shape index (κ3) is 4.19. The monoisotopic (exact) mass is 354 g/mol. The van der Waals surface area contributed by atoms with Crippen LogP contribution in [0.2, 0.25) is 0 Å². The van der Waals surface area contributed by atoms with E-state index in [1.54, 1.807) is 24.3 Å². The number of benzene rings is 2. The molecular weight excluding hydrogens is 339 g/mol. The molecule has 21 heavy (non-hydrogen) atoms. The molecule has 112 valence electrons. The second-order valence-corrected chi connectivity index (χ2v) is 5.27. The van der Waals surface area contributed by atoms with E-state index in [9.17, 15) is 9.50 Å². The molecule has 2 aromatic rings. The molecule has 0 aliphatic carbocycles. The van der Waals surface area contributed by atoms with E-state index in [4.69, 9.17) is 9.47 Å². The molecule has 0 aromatic heterocycles. The van der Waals surface area contributed by atoms with Gasteiger partial charge in [-0.15, -0.1) is 0 Å². The Bertz CT molecular complexity index is 599. The van der Waals surface area contributed by atoms with Gasteiger partial charge in [-0.1, -0.05) is 12.1 Å². The number of aliphatic hydroxyl groups excluding tert-OH is 1. The SMILES string of the molecule is CCOc1cc(CO)cc(Br)c1OCc1ccc(F)cc1. The number of hydrogen-bond donors (Lipinski definition) is 1. The maximum atomic E-state index is 12.9. The molecule has 5 heteroatoms. The summed E-state index contributed by atoms with van der Waals surface area (Å²) in [4.78, 5) is 0. The highest BCUT2D eigenvalue weighted by Gasteiger charge is 2.12. The molecule has 2 rings (SSSR count). The zero-order chi connectivity index (χ0) is 15.2. The Balaban J connectivity index is 2.19. The summed E-state index contributed by atoms with van der Waals surface area (Å²) >= 11 is 3.42. The Kier molecular flexibility index (Phi) is 5.59. The minimum atomic E-state index is -0.276. The van der Waals surface area contributed by atoms with E-state index in [0.29, 0.717) is 29.2 Å². The molecule has 0 aliphatic rings. The van der Waals surface area contributed by atoms with Gasteiger partial charge in [-0.2, -0.15) is 0 Å². The first-order valence-corrected chi connectivity index (χ1v) is 7.36. The highest BCUT2D eigenvalue weighted by molar-refractivity contribution is 9.10. The van der Waals surface area contributed by atoms with Gasteiger partial charge in [-0.3, -0.25) is 0 Å². The molecule has 0 aliphatic heterocycles. The minimum Gasteiger partial charge on any atom is -0.490 e. The van der Waals surface area contributed by atoms with Gasteiger partial charge in [-0.25, -0.2) is 4.39 Å². The van der Waals surface area contributed by atoms with Crippen molar-refractivity contribution in [3.63, 3.8) is 0 Å². The summed E-state index contributed by atoms with van der Waals surface area (Å²) in [7, 11) is 0. The van der Waals surface area contributed by atoms with Crippen molar-refractivity contribution >= 4 is 15.9 Å². The molecule has 0 unspecified atom stereocenters. The van der Waals surface area contributed by atoms with E-state index in [0.717, 1.165) is 11.1 Å². The standard InChI is InChI=1S/C16H16BrFO3/c1-2-20-15-8-12(9-19)7-14(17)16(15)21-10-11-3-5-13(18)6-4-11/h3-8,19H,2,9-10H2,1H3. The summed E-state index contributed by atoms with van der Waals surface area (Å²) < 4.78 is 24.9. The topological polar surface area (TPSA) is 38.7 Å². The summed E-state index contributed by atoms with van der Waals surface area (Å²) in [6, 6.07) is 9.66. The second-order valence-electron chi connectivity index (χ2n) is 4.41. The van der Waals surface area contributed by atoms with Gasteiger partial charge in [0.2, 0.25) is 0 Å². The fourth-order valence-corrected chi connectivity index (χ4v) is 2.46. The molecular formula is C16H16BrFO3. The minimum absolute atomic E-state index is 0.0725. The van der Waals surface area contributed by atoms with Gasteiger partial charge in [0.05, 0.1) is 17.7 Å². The Morgan fingerprint density at radius 1 is 1.10 bits per heavy atom. The smallest absolute Gasteiger partial charge is 0.175 e. The lowest BCUT2D eigenvalue weighted by atomic mass is 10.2. The van der Waals surface area contributed by atoms with Crippen LogP contribution in [0.1, 0.15) is 18.1 Å². The first-order chi connectivity index (χ1) is 10.1. The van der Waals surface area contributed by atoms with Crippen LogP contribution in [0, 0.1) is 5.82 Å². The average molecular weight is 355 g/mol. The highest BCUT2D eigenvalue weighted by Crippen LogP contribution is 2.37. The molecule has 0 radical (unpaired) electrons. The van der Waals surface area contributed by atoms with Crippen molar-refractivity contribution in [2.75, 3.05) is 6.61 Å². The molecule has 3 nitrogen and oxygen atoms in total. The van der Waals surface area contributed by atoms with Crippen LogP contribution in [0.15, 0.2) is 40.9 Å². The largest absolute Gasteiger partial charge is 0.490 e. The first-order valence-electron chi connectivity index (χ1n) is 6.57. The Morgan fingerprint density at radius 3 is 2.43 bits per heavy atom. The molecule has 2 aromatic carbocycles. The normalized spacial score (nSPS) is 10.5. The summed E-state index contributed by atoms with van der Waals surface area (Å²) in [6.07, 6.45) is 0. The maximum absolute atomic E-state index is 12.9. The number of aliphatic hydroxyl groups is 1. The predicted octanol–water partition coefficient (Wildman–Crippen LogP) is 4.06. The molecule has 0 atom stereocenters. The fraction of sp³-hybridized carbons (Fsp3) is 0.250. The predicted molar refractivity (Wildman–Crippen MR) is 82.0 cm³/mol. The average Bonchev–Trinajstić information content (AvgIpc) is 2.48. The molecule has 0 spiro atoms. The third-order valence-electron chi connectivity index (χ3n) is 2.85. The Hall–Kier alpha value is -1.59. The van der Waals surface area contributed by atoms with Gasteiger partial charge in [0.25, 0.3) is 0 Å². The van der Waals surface area contributed by atoms with E-state index >= 15 is 0 Å². The quantitative estimate of drug-likeness (QED) is 0.850. The van der Waals surface area contributed by atoms with Gasteiger partial charge < -0.3 is 14.6 Å². The number of hydrogen-bond acceptors (Lipinski definition) is 3. The summed E-state index contributed by atoms with van der Waals surface area (Å²) in [5.74, 6) is 0.860. The van der Waals surface area contributed by atoms with E-state index in [1.165, 1.54) is 12.1 Å². The number of ether oxygens (including phenoxy) is 2. The zero-order valence-electron chi connectivity index (χ0n) is 11.6. The molecule has 0 fully saturated rings. The second kappa shape index (κ2) is 7.43. The van der Waals surface area contributed by atoms with Crippen molar-refractivity contribution in [1.82, 2.24) is 0 Å². The molecule has 0 heterocycles. The van der Waals surface area contributed by atoms with Crippen LogP contribution in [0.4, 0.5) is 4.39 Å². The van der Waals surface area contributed by atoms with Crippen LogP contribution < -0.4 is 9.47 Å². The van der Waals surface area contributed by atoms with Crippen molar-refractivity contribution in [2.24, 2.45) is 0 Å². The van der Waals surface area contributed by atoms with Crippen LogP contribution in [-0.2, 0) is 13.2 Å². The lowest BCUT2D eigenvalue weighted by Gasteiger charge is -2.15. The van der Waals surface area contributed by atoms with E-state index < -0.39 is 0 Å². The number of rotatable bonds is 6. The van der Waals surface area contributed by atoms with Gasteiger partial charge in [0.1, 0.15) is 12.4 Å². The maximum Gasteiger partial charge on any atom is 0.175 e. The van der Waals surface area contributed by atoms with Crippen molar-refractivity contribution in [3.05, 3.63) is 57.8 Å². The lowest BCUT2D eigenvalue weighted by Crippen LogP contribution is -2.01. The van der Waals surface area contributed by atoms with Crippen LogP contribution in [0.25, 0.3) is 0 Å². The molecule has 0 bridgehead atoms. The van der Waals surface area contributed by atoms with Gasteiger partial charge in [-0.05, 0) is 58.2 Å². The van der Waals surface area contributed by atoms with Crippen molar-refractivity contribution < 1.29 is 19.0 Å². The summed E-state index contributed by atoms with van der Waals surface area (Å²) in [5.41, 5.74) is 1.59. The van der Waals surface area contributed by atoms with Crippen molar-refractivity contribution in [3.8, 4) is 11.5 Å². The zero-order valence-corrected chi connectivity index (χ0v) is 13.2. The van der Waals surface area contributed by atoms with Gasteiger partial charge in [0.15, 0.2) is 11.5 Å². The lowest BCUT2D eigenvalue weighted by molar-refractivity contribution is 0.262. The summed E-state index contributed by atoms with van der Waals surface area (Å²) in [5, 5.41) is 9.23. The van der Waals surface area contributed by atoms with Crippen molar-refractivity contribution in [1.29, 1.82) is 0 Å². The van der Waals surface area contributed by atoms with Gasteiger partial charge in [0, 0.05) is 0 Å². The molecule has 0 saturated carbocycles. The highest BCUT2D eigenvalue weighted by atomic mass is 79.9. The van der Waals surface area contributed by atoms with Crippen LogP contribution >= 0.6 is 15.9 Å². The Morgan fingerprint density at radius 2 is 1.81 bits per heavy atom. The molecule has 0 saturated heterocycles. The van der Waals surface area contributed by atoms with Crippen LogP contribution in [0.5, 0.6) is 11.5 Å². The molecule has 1 N–H and O–H groups in total. The third-order valence-corrected chi connectivity index (χ3v) is 3.44. The number of halogens is 2. The van der Waals surface area contributed by atoms with E-state index in [1.807, 2.05) is 6.92 Å². The van der Waals surface area contributed by atoms with Crippen LogP contribution in [-0.4, -0.2) is 11.7 Å². The van der Waals surface area contributed by atoms with Gasteiger partial charge >= 0.3 is 0 Å². The van der Waals surface area contributed by atoms with E-state index in [2.05, 4.69) is 15.9 Å². The van der Waals surface area contributed by atoms with E-state index in [-0.39, 0.29) is 12.4 Å². The molecule has 0 amide bonds.